The lowest BCUT2D eigenvalue weighted by molar-refractivity contribution is 0.0434. The Morgan fingerprint density at radius 2 is 2.36 bits per heavy atom. The molecule has 0 aromatic rings. The first-order chi connectivity index (χ1) is 5.31. The molecule has 0 aromatic heterocycles. The van der Waals surface area contributed by atoms with Gasteiger partial charge in [0.2, 0.25) is 0 Å². The number of aliphatic hydroxyl groups is 1. The fourth-order valence-electron chi connectivity index (χ4n) is 0.470. The molecule has 0 aromatic carbocycles. The first-order valence-electron chi connectivity index (χ1n) is 3.67. The molecule has 0 radical (unpaired) electrons. The topological polar surface area (TPSA) is 51.0 Å². The van der Waals surface area contributed by atoms with Crippen molar-refractivity contribution < 1.29 is 14.6 Å². The summed E-state index contributed by atoms with van der Waals surface area (Å²) in [4.78, 5) is 3.87. The van der Waals surface area contributed by atoms with E-state index in [2.05, 4.69) is 4.99 Å². The third-order valence-electron chi connectivity index (χ3n) is 0.962. The lowest BCUT2D eigenvalue weighted by atomic mass is 10.6. The Bertz CT molecular complexity index is 106. The van der Waals surface area contributed by atoms with E-state index in [0.717, 1.165) is 0 Å². The number of aliphatic imine (C=N–C) groups is 1. The predicted octanol–water partition coefficient (Wildman–Crippen LogP) is 0.406. The number of rotatable bonds is 6. The van der Waals surface area contributed by atoms with Crippen LogP contribution in [0.15, 0.2) is 4.99 Å². The molecule has 0 aliphatic heterocycles. The molecule has 0 spiro atoms. The summed E-state index contributed by atoms with van der Waals surface area (Å²) >= 11 is 0. The Labute approximate surface area is 66.8 Å². The molecule has 4 nitrogen and oxygen atoms in total. The highest BCUT2D eigenvalue weighted by molar-refractivity contribution is 5.46. The summed E-state index contributed by atoms with van der Waals surface area (Å²) in [7, 11) is 0. The maximum absolute atomic E-state index is 8.38. The van der Waals surface area contributed by atoms with Crippen LogP contribution in [0.3, 0.4) is 0 Å². The summed E-state index contributed by atoms with van der Waals surface area (Å²) in [6.45, 7) is 4.60. The minimum Gasteiger partial charge on any atom is -0.484 e. The Morgan fingerprint density at radius 3 is 2.91 bits per heavy atom. The van der Waals surface area contributed by atoms with E-state index in [1.165, 1.54) is 6.40 Å². The molecule has 0 saturated carbocycles. The van der Waals surface area contributed by atoms with Crippen LogP contribution in [-0.2, 0) is 9.47 Å². The normalized spacial score (nSPS) is 13.7. The van der Waals surface area contributed by atoms with Crippen LogP contribution in [0.2, 0.25) is 0 Å². The quantitative estimate of drug-likeness (QED) is 0.453. The fraction of sp³-hybridized carbons (Fsp3) is 0.857. The van der Waals surface area contributed by atoms with Gasteiger partial charge in [0.25, 0.3) is 0 Å². The molecule has 66 valence electrons. The van der Waals surface area contributed by atoms with Gasteiger partial charge in [0.05, 0.1) is 19.8 Å². The zero-order valence-electron chi connectivity index (χ0n) is 6.99. The maximum Gasteiger partial charge on any atom is 0.171 e. The average Bonchev–Trinajstić information content (AvgIpc) is 2.01. The minimum atomic E-state index is -0.242. The van der Waals surface area contributed by atoms with Gasteiger partial charge in [0.15, 0.2) is 6.40 Å². The van der Waals surface area contributed by atoms with Gasteiger partial charge in [-0.05, 0) is 13.8 Å². The van der Waals surface area contributed by atoms with Crippen molar-refractivity contribution in [2.45, 2.75) is 20.1 Å². The summed E-state index contributed by atoms with van der Waals surface area (Å²) in [6, 6.07) is 0. The SMILES string of the molecule is CCOC=NC(C)OCCO. The molecule has 1 atom stereocenters. The molecule has 4 heteroatoms. The summed E-state index contributed by atoms with van der Waals surface area (Å²) in [5.41, 5.74) is 0. The first kappa shape index (κ1) is 10.4. The van der Waals surface area contributed by atoms with Crippen molar-refractivity contribution >= 4 is 6.40 Å². The zero-order valence-corrected chi connectivity index (χ0v) is 6.99. The van der Waals surface area contributed by atoms with Crippen LogP contribution < -0.4 is 0 Å². The summed E-state index contributed by atoms with van der Waals surface area (Å²) in [5, 5.41) is 8.38. The van der Waals surface area contributed by atoms with E-state index in [-0.39, 0.29) is 12.8 Å². The maximum atomic E-state index is 8.38. The smallest absolute Gasteiger partial charge is 0.171 e. The van der Waals surface area contributed by atoms with Gasteiger partial charge >= 0.3 is 0 Å². The molecular formula is C7H15NO3. The Kier molecular flexibility index (Phi) is 7.08. The van der Waals surface area contributed by atoms with Crippen LogP contribution >= 0.6 is 0 Å². The van der Waals surface area contributed by atoms with E-state index < -0.39 is 0 Å². The van der Waals surface area contributed by atoms with Crippen molar-refractivity contribution in [1.29, 1.82) is 0 Å². The Balaban J connectivity index is 3.27. The monoisotopic (exact) mass is 161 g/mol. The van der Waals surface area contributed by atoms with Crippen LogP contribution in [-0.4, -0.2) is 37.6 Å². The van der Waals surface area contributed by atoms with Gasteiger partial charge in [0, 0.05) is 0 Å². The van der Waals surface area contributed by atoms with Crippen LogP contribution in [0, 0.1) is 0 Å². The highest BCUT2D eigenvalue weighted by atomic mass is 16.5. The van der Waals surface area contributed by atoms with Crippen molar-refractivity contribution in [2.24, 2.45) is 4.99 Å². The van der Waals surface area contributed by atoms with Crippen molar-refractivity contribution in [3.8, 4) is 0 Å². The van der Waals surface area contributed by atoms with E-state index in [1.807, 2.05) is 6.92 Å². The van der Waals surface area contributed by atoms with Crippen molar-refractivity contribution in [2.75, 3.05) is 19.8 Å². The molecule has 1 unspecified atom stereocenters. The average molecular weight is 161 g/mol. The van der Waals surface area contributed by atoms with Gasteiger partial charge < -0.3 is 14.6 Å². The highest BCUT2D eigenvalue weighted by Crippen LogP contribution is 1.89. The first-order valence-corrected chi connectivity index (χ1v) is 3.67. The highest BCUT2D eigenvalue weighted by Gasteiger charge is 1.94. The van der Waals surface area contributed by atoms with Gasteiger partial charge in [-0.2, -0.15) is 0 Å². The standard InChI is InChI=1S/C7H15NO3/c1-3-10-6-8-7(2)11-5-4-9/h6-7,9H,3-5H2,1-2H3. The lowest BCUT2D eigenvalue weighted by Gasteiger charge is -2.05. The Morgan fingerprint density at radius 1 is 1.64 bits per heavy atom. The Hall–Kier alpha value is -0.610. The summed E-state index contributed by atoms with van der Waals surface area (Å²) in [5.74, 6) is 0. The lowest BCUT2D eigenvalue weighted by Crippen LogP contribution is -2.09. The summed E-state index contributed by atoms with van der Waals surface area (Å²) in [6.07, 6.45) is 1.12. The molecule has 1 N–H and O–H groups in total. The molecule has 0 aliphatic rings. The largest absolute Gasteiger partial charge is 0.484 e. The van der Waals surface area contributed by atoms with Crippen molar-refractivity contribution in [3.05, 3.63) is 0 Å². The number of aliphatic hydroxyl groups excluding tert-OH is 1. The molecule has 0 fully saturated rings. The van der Waals surface area contributed by atoms with E-state index >= 15 is 0 Å². The fourth-order valence-corrected chi connectivity index (χ4v) is 0.470. The second-order valence-corrected chi connectivity index (χ2v) is 1.90. The van der Waals surface area contributed by atoms with Crippen LogP contribution in [0.4, 0.5) is 0 Å². The van der Waals surface area contributed by atoms with E-state index in [9.17, 15) is 0 Å². The number of nitrogens with zero attached hydrogens (tertiary/aromatic N) is 1. The third-order valence-corrected chi connectivity index (χ3v) is 0.962. The van der Waals surface area contributed by atoms with Crippen LogP contribution in [0.5, 0.6) is 0 Å². The van der Waals surface area contributed by atoms with Gasteiger partial charge in [-0.1, -0.05) is 0 Å². The molecular weight excluding hydrogens is 146 g/mol. The van der Waals surface area contributed by atoms with Crippen LogP contribution in [0.1, 0.15) is 13.8 Å². The molecule has 0 heterocycles. The molecule has 0 rings (SSSR count). The van der Waals surface area contributed by atoms with Gasteiger partial charge in [-0.25, -0.2) is 4.99 Å². The number of hydrogen-bond donors (Lipinski definition) is 1. The zero-order chi connectivity index (χ0) is 8.53. The van der Waals surface area contributed by atoms with E-state index in [4.69, 9.17) is 14.6 Å². The third kappa shape index (κ3) is 7.29. The molecule has 0 saturated heterocycles. The second-order valence-electron chi connectivity index (χ2n) is 1.90. The number of ether oxygens (including phenoxy) is 2. The number of hydrogen-bond acceptors (Lipinski definition) is 4. The molecule has 0 aliphatic carbocycles. The molecule has 0 amide bonds. The molecule has 11 heavy (non-hydrogen) atoms. The minimum absolute atomic E-state index is 0.0223. The second kappa shape index (κ2) is 7.50. The van der Waals surface area contributed by atoms with Crippen LogP contribution in [0.25, 0.3) is 0 Å². The summed E-state index contributed by atoms with van der Waals surface area (Å²) < 4.78 is 9.86. The van der Waals surface area contributed by atoms with E-state index in [0.29, 0.717) is 13.2 Å². The van der Waals surface area contributed by atoms with Crippen molar-refractivity contribution in [3.63, 3.8) is 0 Å². The van der Waals surface area contributed by atoms with Gasteiger partial charge in [0.1, 0.15) is 6.23 Å². The van der Waals surface area contributed by atoms with Gasteiger partial charge in [-0.15, -0.1) is 0 Å². The van der Waals surface area contributed by atoms with E-state index in [1.54, 1.807) is 6.92 Å². The molecule has 0 bridgehead atoms. The van der Waals surface area contributed by atoms with Gasteiger partial charge in [-0.3, -0.25) is 0 Å². The van der Waals surface area contributed by atoms with Crippen molar-refractivity contribution in [1.82, 2.24) is 0 Å². The predicted molar refractivity (Wildman–Crippen MR) is 42.6 cm³/mol.